The lowest BCUT2D eigenvalue weighted by Gasteiger charge is -2.03. The SMILES string of the molecule is Cc1nnn(-c2cccc(Cl)c2)c1C(=O)O. The number of halogens is 1. The molecule has 0 fully saturated rings. The summed E-state index contributed by atoms with van der Waals surface area (Å²) in [5.41, 5.74) is 0.986. The molecule has 0 aliphatic rings. The number of carbonyl (C=O) groups is 1. The molecule has 0 aliphatic heterocycles. The molecule has 0 bridgehead atoms. The molecule has 0 spiro atoms. The van der Waals surface area contributed by atoms with Crippen LogP contribution >= 0.6 is 11.6 Å². The van der Waals surface area contributed by atoms with Crippen LogP contribution in [0.4, 0.5) is 0 Å². The third-order valence-corrected chi connectivity index (χ3v) is 2.33. The number of hydrogen-bond donors (Lipinski definition) is 1. The molecule has 16 heavy (non-hydrogen) atoms. The molecule has 1 aromatic heterocycles. The zero-order valence-corrected chi connectivity index (χ0v) is 9.14. The average Bonchev–Trinajstić information content (AvgIpc) is 2.60. The second-order valence-corrected chi connectivity index (χ2v) is 3.66. The number of aromatic carboxylic acids is 1. The molecule has 1 aromatic carbocycles. The Morgan fingerprint density at radius 1 is 1.50 bits per heavy atom. The quantitative estimate of drug-likeness (QED) is 0.867. The maximum absolute atomic E-state index is 11.0. The largest absolute Gasteiger partial charge is 0.476 e. The molecule has 0 amide bonds. The number of carboxylic acid groups (broad SMARTS) is 1. The summed E-state index contributed by atoms with van der Waals surface area (Å²) >= 11 is 5.82. The molecule has 0 aliphatic carbocycles. The van der Waals surface area contributed by atoms with Gasteiger partial charge in [0, 0.05) is 5.02 Å². The fourth-order valence-electron chi connectivity index (χ4n) is 1.39. The summed E-state index contributed by atoms with van der Waals surface area (Å²) < 4.78 is 1.25. The van der Waals surface area contributed by atoms with Crippen molar-refractivity contribution in [2.24, 2.45) is 0 Å². The van der Waals surface area contributed by atoms with Crippen molar-refractivity contribution in [3.63, 3.8) is 0 Å². The first-order valence-electron chi connectivity index (χ1n) is 4.51. The van der Waals surface area contributed by atoms with Crippen molar-refractivity contribution in [3.8, 4) is 5.69 Å². The number of hydrogen-bond acceptors (Lipinski definition) is 3. The molecule has 2 aromatic rings. The van der Waals surface area contributed by atoms with Gasteiger partial charge in [0.1, 0.15) is 0 Å². The highest BCUT2D eigenvalue weighted by Crippen LogP contribution is 2.16. The predicted molar refractivity (Wildman–Crippen MR) is 58.1 cm³/mol. The van der Waals surface area contributed by atoms with Gasteiger partial charge in [0.15, 0.2) is 5.69 Å². The average molecular weight is 238 g/mol. The first-order chi connectivity index (χ1) is 7.59. The van der Waals surface area contributed by atoms with E-state index in [2.05, 4.69) is 10.3 Å². The van der Waals surface area contributed by atoms with E-state index in [1.54, 1.807) is 31.2 Å². The number of benzene rings is 1. The van der Waals surface area contributed by atoms with Gasteiger partial charge in [0.25, 0.3) is 0 Å². The zero-order valence-electron chi connectivity index (χ0n) is 8.38. The minimum Gasteiger partial charge on any atom is -0.476 e. The number of carboxylic acids is 1. The highest BCUT2D eigenvalue weighted by molar-refractivity contribution is 6.30. The minimum absolute atomic E-state index is 0.0438. The van der Waals surface area contributed by atoms with Crippen LogP contribution in [0.25, 0.3) is 5.69 Å². The van der Waals surface area contributed by atoms with E-state index in [0.717, 1.165) is 0 Å². The Kier molecular flexibility index (Phi) is 2.62. The molecule has 6 heteroatoms. The van der Waals surface area contributed by atoms with Gasteiger partial charge in [-0.3, -0.25) is 0 Å². The van der Waals surface area contributed by atoms with Crippen LogP contribution in [0.2, 0.25) is 5.02 Å². The standard InChI is InChI=1S/C10H8ClN3O2/c1-6-9(10(15)16)14(13-12-6)8-4-2-3-7(11)5-8/h2-5H,1H3,(H,15,16). The summed E-state index contributed by atoms with van der Waals surface area (Å²) in [4.78, 5) is 11.0. The van der Waals surface area contributed by atoms with Crippen molar-refractivity contribution in [2.75, 3.05) is 0 Å². The molecule has 0 saturated heterocycles. The van der Waals surface area contributed by atoms with E-state index in [0.29, 0.717) is 16.4 Å². The molecule has 82 valence electrons. The van der Waals surface area contributed by atoms with Gasteiger partial charge >= 0.3 is 5.97 Å². The Balaban J connectivity index is 2.60. The Labute approximate surface area is 96.3 Å². The first-order valence-corrected chi connectivity index (χ1v) is 4.89. The molecule has 1 heterocycles. The van der Waals surface area contributed by atoms with Crippen molar-refractivity contribution in [1.29, 1.82) is 0 Å². The summed E-state index contributed by atoms with van der Waals surface area (Å²) in [5, 5.41) is 17.1. The van der Waals surface area contributed by atoms with E-state index >= 15 is 0 Å². The molecule has 0 atom stereocenters. The zero-order chi connectivity index (χ0) is 11.7. The topological polar surface area (TPSA) is 68.0 Å². The highest BCUT2D eigenvalue weighted by atomic mass is 35.5. The van der Waals surface area contributed by atoms with Crippen molar-refractivity contribution >= 4 is 17.6 Å². The van der Waals surface area contributed by atoms with Gasteiger partial charge in [-0.05, 0) is 25.1 Å². The molecular formula is C10H8ClN3O2. The van der Waals surface area contributed by atoms with Gasteiger partial charge in [-0.2, -0.15) is 0 Å². The van der Waals surface area contributed by atoms with Crippen molar-refractivity contribution in [1.82, 2.24) is 15.0 Å². The lowest BCUT2D eigenvalue weighted by Crippen LogP contribution is -2.09. The summed E-state index contributed by atoms with van der Waals surface area (Å²) in [5.74, 6) is -1.07. The van der Waals surface area contributed by atoms with Gasteiger partial charge in [-0.1, -0.05) is 22.9 Å². The molecule has 1 N–H and O–H groups in total. The van der Waals surface area contributed by atoms with Crippen molar-refractivity contribution < 1.29 is 9.90 Å². The van der Waals surface area contributed by atoms with Crippen LogP contribution in [0.15, 0.2) is 24.3 Å². The van der Waals surface area contributed by atoms with E-state index < -0.39 is 5.97 Å². The van der Waals surface area contributed by atoms with Crippen LogP contribution in [0.3, 0.4) is 0 Å². The Morgan fingerprint density at radius 2 is 2.25 bits per heavy atom. The third-order valence-electron chi connectivity index (χ3n) is 2.09. The van der Waals surface area contributed by atoms with Crippen LogP contribution in [0, 0.1) is 6.92 Å². The first kappa shape index (κ1) is 10.6. The van der Waals surface area contributed by atoms with E-state index in [9.17, 15) is 4.79 Å². The minimum atomic E-state index is -1.07. The molecular weight excluding hydrogens is 230 g/mol. The van der Waals surface area contributed by atoms with E-state index in [1.165, 1.54) is 4.68 Å². The van der Waals surface area contributed by atoms with Gasteiger partial charge in [0.2, 0.25) is 0 Å². The Bertz CT molecular complexity index is 551. The molecule has 0 radical (unpaired) electrons. The normalized spacial score (nSPS) is 10.4. The number of aryl methyl sites for hydroxylation is 1. The smallest absolute Gasteiger partial charge is 0.356 e. The fraction of sp³-hybridized carbons (Fsp3) is 0.100. The van der Waals surface area contributed by atoms with Crippen LogP contribution in [-0.2, 0) is 0 Å². The van der Waals surface area contributed by atoms with Crippen LogP contribution in [-0.4, -0.2) is 26.1 Å². The summed E-state index contributed by atoms with van der Waals surface area (Å²) in [6.45, 7) is 1.59. The summed E-state index contributed by atoms with van der Waals surface area (Å²) in [7, 11) is 0. The lowest BCUT2D eigenvalue weighted by molar-refractivity contribution is 0.0686. The third kappa shape index (κ3) is 1.77. The number of aromatic nitrogens is 3. The van der Waals surface area contributed by atoms with Crippen LogP contribution < -0.4 is 0 Å². The molecule has 0 saturated carbocycles. The lowest BCUT2D eigenvalue weighted by atomic mass is 10.3. The van der Waals surface area contributed by atoms with Crippen molar-refractivity contribution in [3.05, 3.63) is 40.7 Å². The maximum Gasteiger partial charge on any atom is 0.356 e. The van der Waals surface area contributed by atoms with Crippen LogP contribution in [0.5, 0.6) is 0 Å². The summed E-state index contributed by atoms with van der Waals surface area (Å²) in [6.07, 6.45) is 0. The molecule has 0 unspecified atom stereocenters. The molecule has 2 rings (SSSR count). The second kappa shape index (κ2) is 3.94. The Morgan fingerprint density at radius 3 is 2.88 bits per heavy atom. The number of nitrogens with zero attached hydrogens (tertiary/aromatic N) is 3. The number of rotatable bonds is 2. The van der Waals surface area contributed by atoms with Gasteiger partial charge in [-0.25, -0.2) is 9.48 Å². The van der Waals surface area contributed by atoms with Gasteiger partial charge < -0.3 is 5.11 Å². The van der Waals surface area contributed by atoms with E-state index in [-0.39, 0.29) is 5.69 Å². The predicted octanol–water partition coefficient (Wildman–Crippen LogP) is 1.93. The van der Waals surface area contributed by atoms with Gasteiger partial charge in [-0.15, -0.1) is 5.10 Å². The maximum atomic E-state index is 11.0. The van der Waals surface area contributed by atoms with E-state index in [1.807, 2.05) is 0 Å². The van der Waals surface area contributed by atoms with Gasteiger partial charge in [0.05, 0.1) is 11.4 Å². The Hall–Kier alpha value is -1.88. The highest BCUT2D eigenvalue weighted by Gasteiger charge is 2.17. The molecule has 5 nitrogen and oxygen atoms in total. The van der Waals surface area contributed by atoms with E-state index in [4.69, 9.17) is 16.7 Å². The second-order valence-electron chi connectivity index (χ2n) is 3.22. The summed E-state index contributed by atoms with van der Waals surface area (Å²) in [6, 6.07) is 6.77. The monoisotopic (exact) mass is 237 g/mol. The van der Waals surface area contributed by atoms with Crippen molar-refractivity contribution in [2.45, 2.75) is 6.92 Å². The fourth-order valence-corrected chi connectivity index (χ4v) is 1.58. The van der Waals surface area contributed by atoms with Crippen LogP contribution in [0.1, 0.15) is 16.2 Å².